The number of hydrogen-bond donors (Lipinski definition) is 0. The van der Waals surface area contributed by atoms with Gasteiger partial charge in [0.15, 0.2) is 0 Å². The molecule has 6 rings (SSSR count). The van der Waals surface area contributed by atoms with E-state index in [1.807, 2.05) is 70.8 Å². The first-order chi connectivity index (χ1) is 25.2. The van der Waals surface area contributed by atoms with Gasteiger partial charge in [0.1, 0.15) is 5.75 Å². The van der Waals surface area contributed by atoms with E-state index in [1.54, 1.807) is 24.1 Å². The van der Waals surface area contributed by atoms with Crippen LogP contribution in [0.2, 0.25) is 0 Å². The molecule has 0 radical (unpaired) electrons. The lowest BCUT2D eigenvalue weighted by molar-refractivity contribution is 0.0477. The third-order valence-corrected chi connectivity index (χ3v) is 10.7. The molecular weight excluding hydrogens is 652 g/mol. The number of benzene rings is 3. The van der Waals surface area contributed by atoms with E-state index in [4.69, 9.17) is 9.47 Å². The maximum atomic E-state index is 15.0. The first-order valence-electron chi connectivity index (χ1n) is 18.7. The smallest absolute Gasteiger partial charge is 0.410 e. The van der Waals surface area contributed by atoms with Gasteiger partial charge in [-0.15, -0.1) is 0 Å². The Bertz CT molecular complexity index is 1890. The van der Waals surface area contributed by atoms with Gasteiger partial charge < -0.3 is 28.7 Å². The Morgan fingerprint density at radius 3 is 2.21 bits per heavy atom. The van der Waals surface area contributed by atoms with Crippen LogP contribution in [-0.4, -0.2) is 76.6 Å². The van der Waals surface area contributed by atoms with Crippen molar-refractivity contribution in [1.29, 1.82) is 0 Å². The summed E-state index contributed by atoms with van der Waals surface area (Å²) in [4.78, 5) is 48.0. The first kappa shape index (κ1) is 36.9. The fourth-order valence-corrected chi connectivity index (χ4v) is 7.49. The topological polar surface area (TPSA) is 84.3 Å². The van der Waals surface area contributed by atoms with Crippen molar-refractivity contribution < 1.29 is 23.9 Å². The molecule has 3 heterocycles. The minimum Gasteiger partial charge on any atom is -0.410 e. The van der Waals surface area contributed by atoms with Crippen LogP contribution in [0.25, 0.3) is 11.3 Å². The van der Waals surface area contributed by atoms with Crippen molar-refractivity contribution in [3.05, 3.63) is 112 Å². The minimum absolute atomic E-state index is 0.0347. The molecule has 3 aromatic carbocycles. The molecule has 0 saturated carbocycles. The second-order valence-electron chi connectivity index (χ2n) is 14.1. The highest BCUT2D eigenvalue weighted by Crippen LogP contribution is 2.36. The van der Waals surface area contributed by atoms with E-state index in [-0.39, 0.29) is 17.9 Å². The molecule has 0 bridgehead atoms. The summed E-state index contributed by atoms with van der Waals surface area (Å²) in [6.45, 7) is 9.42. The molecule has 9 nitrogen and oxygen atoms in total. The van der Waals surface area contributed by atoms with E-state index >= 15 is 0 Å². The fourth-order valence-electron chi connectivity index (χ4n) is 7.49. The highest BCUT2D eigenvalue weighted by molar-refractivity contribution is 6.03. The third kappa shape index (κ3) is 7.80. The number of ether oxygens (including phenoxy) is 2. The number of aromatic nitrogens is 1. The third-order valence-electron chi connectivity index (χ3n) is 10.7. The number of carbonyl (C=O) groups excluding carboxylic acids is 3. The zero-order chi connectivity index (χ0) is 36.8. The van der Waals surface area contributed by atoms with Crippen molar-refractivity contribution in [2.24, 2.45) is 7.05 Å². The van der Waals surface area contributed by atoms with Crippen LogP contribution in [0.5, 0.6) is 5.75 Å². The number of unbranched alkanes of at least 4 members (excludes halogenated alkanes) is 2. The van der Waals surface area contributed by atoms with Gasteiger partial charge in [0, 0.05) is 69.4 Å². The first-order valence-corrected chi connectivity index (χ1v) is 18.7. The van der Waals surface area contributed by atoms with Gasteiger partial charge in [-0.05, 0) is 85.2 Å². The number of fused-ring (bicyclic) bond motifs is 2. The molecule has 0 unspecified atom stereocenters. The van der Waals surface area contributed by atoms with E-state index in [1.165, 1.54) is 5.56 Å². The number of methoxy groups -OCH3 is 1. The number of amides is 3. The Labute approximate surface area is 308 Å². The highest BCUT2D eigenvalue weighted by atomic mass is 16.6. The van der Waals surface area contributed by atoms with Gasteiger partial charge in [-0.2, -0.15) is 0 Å². The molecule has 274 valence electrons. The van der Waals surface area contributed by atoms with E-state index < -0.39 is 6.09 Å². The molecule has 2 aliphatic heterocycles. The summed E-state index contributed by atoms with van der Waals surface area (Å²) in [5, 5.41) is 0. The number of rotatable bonds is 12. The number of hydrogen-bond acceptors (Lipinski definition) is 5. The molecule has 0 spiro atoms. The second kappa shape index (κ2) is 16.6. The number of carbonyl (C=O) groups is 3. The van der Waals surface area contributed by atoms with Gasteiger partial charge in [-0.3, -0.25) is 9.59 Å². The van der Waals surface area contributed by atoms with Crippen molar-refractivity contribution in [2.75, 3.05) is 33.4 Å². The number of nitrogens with zero attached hydrogens (tertiary/aromatic N) is 4. The SMILES string of the molecule is CCCCN(CCCC)C(=O)c1cc(-c2cc3c(cc2C(=O)N2Cc4ccccc4C[C@H]2COC)CN(C(=O)Oc2ccccc2)CC3)n(C)c1C. The maximum absolute atomic E-state index is 15.0. The average molecular weight is 705 g/mol. The number of para-hydroxylation sites is 1. The van der Waals surface area contributed by atoms with Crippen molar-refractivity contribution in [3.63, 3.8) is 0 Å². The van der Waals surface area contributed by atoms with Crippen molar-refractivity contribution >= 4 is 17.9 Å². The van der Waals surface area contributed by atoms with Crippen molar-refractivity contribution in [1.82, 2.24) is 19.3 Å². The molecule has 2 aliphatic rings. The molecule has 0 fully saturated rings. The van der Waals surface area contributed by atoms with Gasteiger partial charge in [-0.25, -0.2) is 4.79 Å². The van der Waals surface area contributed by atoms with E-state index in [2.05, 4.69) is 32.0 Å². The molecule has 1 aromatic heterocycles. The van der Waals surface area contributed by atoms with Crippen LogP contribution in [0, 0.1) is 6.92 Å². The summed E-state index contributed by atoms with van der Waals surface area (Å²) >= 11 is 0. The van der Waals surface area contributed by atoms with Crippen LogP contribution in [0.1, 0.15) is 88.2 Å². The van der Waals surface area contributed by atoms with Crippen LogP contribution in [-0.2, 0) is 37.7 Å². The molecule has 0 aliphatic carbocycles. The Hall–Kier alpha value is -4.89. The minimum atomic E-state index is -0.418. The Kier molecular flexibility index (Phi) is 11.8. The van der Waals surface area contributed by atoms with E-state index in [0.717, 1.165) is 72.4 Å². The molecule has 52 heavy (non-hydrogen) atoms. The van der Waals surface area contributed by atoms with E-state index in [9.17, 15) is 14.4 Å². The summed E-state index contributed by atoms with van der Waals surface area (Å²) in [5.74, 6) is 0.427. The Balaban J connectivity index is 1.41. The molecule has 3 amide bonds. The van der Waals surface area contributed by atoms with Crippen LogP contribution >= 0.6 is 0 Å². The predicted octanol–water partition coefficient (Wildman–Crippen LogP) is 7.81. The second-order valence-corrected chi connectivity index (χ2v) is 14.1. The van der Waals surface area contributed by atoms with Crippen LogP contribution in [0.15, 0.2) is 72.8 Å². The lowest BCUT2D eigenvalue weighted by Crippen LogP contribution is -2.47. The highest BCUT2D eigenvalue weighted by Gasteiger charge is 2.34. The Morgan fingerprint density at radius 2 is 1.52 bits per heavy atom. The van der Waals surface area contributed by atoms with Crippen LogP contribution in [0.4, 0.5) is 4.79 Å². The molecule has 4 aromatic rings. The lowest BCUT2D eigenvalue weighted by Gasteiger charge is -2.37. The average Bonchev–Trinajstić information content (AvgIpc) is 3.46. The molecule has 9 heteroatoms. The molecule has 0 saturated heterocycles. The summed E-state index contributed by atoms with van der Waals surface area (Å²) < 4.78 is 13.4. The summed E-state index contributed by atoms with van der Waals surface area (Å²) in [5.41, 5.74) is 8.03. The van der Waals surface area contributed by atoms with Gasteiger partial charge >= 0.3 is 6.09 Å². The fraction of sp³-hybridized carbons (Fsp3) is 0.419. The predicted molar refractivity (Wildman–Crippen MR) is 204 cm³/mol. The van der Waals surface area contributed by atoms with Crippen molar-refractivity contribution in [3.8, 4) is 17.0 Å². The van der Waals surface area contributed by atoms with Crippen LogP contribution < -0.4 is 4.74 Å². The monoisotopic (exact) mass is 704 g/mol. The summed E-state index contributed by atoms with van der Waals surface area (Å²) in [6.07, 6.45) is 4.83. The van der Waals surface area contributed by atoms with Gasteiger partial charge in [-0.1, -0.05) is 69.2 Å². The maximum Gasteiger partial charge on any atom is 0.415 e. The zero-order valence-corrected chi connectivity index (χ0v) is 31.3. The largest absolute Gasteiger partial charge is 0.415 e. The van der Waals surface area contributed by atoms with Crippen LogP contribution in [0.3, 0.4) is 0 Å². The summed E-state index contributed by atoms with van der Waals surface area (Å²) in [6, 6.07) is 23.3. The normalized spacial score (nSPS) is 15.2. The zero-order valence-electron chi connectivity index (χ0n) is 31.3. The quantitative estimate of drug-likeness (QED) is 0.150. The van der Waals surface area contributed by atoms with Gasteiger partial charge in [0.05, 0.1) is 18.2 Å². The molecule has 1 atom stereocenters. The lowest BCUT2D eigenvalue weighted by atomic mass is 9.89. The molecule has 0 N–H and O–H groups in total. The van der Waals surface area contributed by atoms with Crippen molar-refractivity contribution in [2.45, 2.75) is 78.4 Å². The summed E-state index contributed by atoms with van der Waals surface area (Å²) in [7, 11) is 3.65. The molecular formula is C43H52N4O5. The van der Waals surface area contributed by atoms with E-state index in [0.29, 0.717) is 56.0 Å². The van der Waals surface area contributed by atoms with Gasteiger partial charge in [0.25, 0.3) is 11.8 Å². The van der Waals surface area contributed by atoms with Gasteiger partial charge in [0.2, 0.25) is 0 Å². The Morgan fingerprint density at radius 1 is 0.827 bits per heavy atom. The standard InChI is InChI=1S/C43H52N4O5/c1-6-8-20-45(21-9-7-2)41(48)37-26-40(44(4)30(37)3)38-24-32-19-22-46(43(50)52-36-17-11-10-12-18-36)27-34(32)25-39(38)42(49)47-28-33-16-14-13-15-31(33)23-35(47)29-51-5/h10-18,24-26,35H,6-9,19-23,27-29H2,1-5H3/t35-/m0/s1.